The van der Waals surface area contributed by atoms with Crippen molar-refractivity contribution in [1.29, 1.82) is 0 Å². The molecule has 1 aromatic heterocycles. The number of aliphatic hydroxyl groups is 2. The molecule has 0 aromatic carbocycles. The quantitative estimate of drug-likeness (QED) is 0.413. The average molecular weight is 257 g/mol. The Kier molecular flexibility index (Phi) is 4.40. The molecule has 0 radical (unpaired) electrons. The van der Waals surface area contributed by atoms with Gasteiger partial charge in [0.05, 0.1) is 18.8 Å². The summed E-state index contributed by atoms with van der Waals surface area (Å²) >= 11 is 0. The topological polar surface area (TPSA) is 135 Å². The molecular formula is C10H15N3O5. The van der Waals surface area contributed by atoms with E-state index in [4.69, 9.17) is 10.2 Å². The Morgan fingerprint density at radius 3 is 2.44 bits per heavy atom. The third kappa shape index (κ3) is 2.84. The second-order valence-corrected chi connectivity index (χ2v) is 3.89. The van der Waals surface area contributed by atoms with Gasteiger partial charge in [-0.3, -0.25) is 14.6 Å². The van der Waals surface area contributed by atoms with Gasteiger partial charge in [0.15, 0.2) is 0 Å². The van der Waals surface area contributed by atoms with Gasteiger partial charge < -0.3 is 20.5 Å². The maximum Gasteiger partial charge on any atom is 0.325 e. The third-order valence-electron chi connectivity index (χ3n) is 2.72. The molecule has 18 heavy (non-hydrogen) atoms. The van der Waals surface area contributed by atoms with Crippen molar-refractivity contribution in [2.45, 2.75) is 18.9 Å². The van der Waals surface area contributed by atoms with Crippen molar-refractivity contribution in [3.05, 3.63) is 32.6 Å². The number of rotatable bonds is 5. The first kappa shape index (κ1) is 14.1. The van der Waals surface area contributed by atoms with Gasteiger partial charge in [-0.15, -0.1) is 0 Å². The number of aromatic nitrogens is 2. The number of carbonyl (C=O) groups is 1. The molecule has 8 nitrogen and oxygen atoms in total. The van der Waals surface area contributed by atoms with Crippen LogP contribution in [0.2, 0.25) is 0 Å². The maximum absolute atomic E-state index is 11.8. The highest BCUT2D eigenvalue weighted by Crippen LogP contribution is 2.08. The number of hydrogen-bond acceptors (Lipinski definition) is 5. The summed E-state index contributed by atoms with van der Waals surface area (Å²) in [5, 5.41) is 20.7. The van der Waals surface area contributed by atoms with Gasteiger partial charge in [0.25, 0.3) is 11.5 Å². The summed E-state index contributed by atoms with van der Waals surface area (Å²) in [4.78, 5) is 38.0. The van der Waals surface area contributed by atoms with Gasteiger partial charge in [-0.25, -0.2) is 4.79 Å². The van der Waals surface area contributed by atoms with Crippen LogP contribution in [0.15, 0.2) is 15.8 Å². The molecule has 1 amide bonds. The second-order valence-electron chi connectivity index (χ2n) is 3.89. The Balaban J connectivity index is 3.01. The van der Waals surface area contributed by atoms with Crippen LogP contribution in [0.5, 0.6) is 0 Å². The fraction of sp³-hybridized carbons (Fsp3) is 0.500. The summed E-state index contributed by atoms with van der Waals surface area (Å²) < 4.78 is 0. The molecule has 0 bridgehead atoms. The first-order chi connectivity index (χ1) is 8.48. The lowest BCUT2D eigenvalue weighted by atomic mass is 9.98. The van der Waals surface area contributed by atoms with Crippen LogP contribution in [0.4, 0.5) is 0 Å². The molecule has 0 unspecified atom stereocenters. The van der Waals surface area contributed by atoms with Crippen LogP contribution in [0.25, 0.3) is 0 Å². The highest BCUT2D eigenvalue weighted by atomic mass is 16.3. The molecule has 5 N–H and O–H groups in total. The number of nitrogens with one attached hydrogen (secondary N) is 3. The number of hydrogen-bond donors (Lipinski definition) is 5. The fourth-order valence-electron chi connectivity index (χ4n) is 1.33. The molecule has 0 aliphatic rings. The van der Waals surface area contributed by atoms with E-state index in [1.165, 1.54) is 0 Å². The van der Waals surface area contributed by atoms with Gasteiger partial charge in [-0.1, -0.05) is 6.92 Å². The van der Waals surface area contributed by atoms with Crippen molar-refractivity contribution in [1.82, 2.24) is 15.3 Å². The monoisotopic (exact) mass is 257 g/mol. The van der Waals surface area contributed by atoms with E-state index in [2.05, 4.69) is 10.3 Å². The third-order valence-corrected chi connectivity index (χ3v) is 2.72. The van der Waals surface area contributed by atoms with E-state index in [9.17, 15) is 14.4 Å². The van der Waals surface area contributed by atoms with Crippen LogP contribution in [0.3, 0.4) is 0 Å². The predicted octanol–water partition coefficient (Wildman–Crippen LogP) is -2.07. The van der Waals surface area contributed by atoms with Crippen LogP contribution in [-0.2, 0) is 0 Å². The van der Waals surface area contributed by atoms with E-state index in [1.54, 1.807) is 6.92 Å². The molecule has 0 atom stereocenters. The zero-order chi connectivity index (χ0) is 13.8. The summed E-state index contributed by atoms with van der Waals surface area (Å²) in [6.07, 6.45) is 1.26. The molecule has 0 saturated carbocycles. The van der Waals surface area contributed by atoms with Crippen molar-refractivity contribution in [3.63, 3.8) is 0 Å². The number of aliphatic hydroxyl groups excluding tert-OH is 2. The molecule has 100 valence electrons. The van der Waals surface area contributed by atoms with E-state index in [0.717, 1.165) is 6.20 Å². The predicted molar refractivity (Wildman–Crippen MR) is 62.3 cm³/mol. The summed E-state index contributed by atoms with van der Waals surface area (Å²) in [7, 11) is 0. The smallest absolute Gasteiger partial charge is 0.325 e. The van der Waals surface area contributed by atoms with Gasteiger partial charge >= 0.3 is 5.69 Å². The molecule has 1 aromatic rings. The first-order valence-corrected chi connectivity index (χ1v) is 5.34. The Labute approximate surface area is 102 Å². The fourth-order valence-corrected chi connectivity index (χ4v) is 1.33. The Morgan fingerprint density at radius 2 is 2.00 bits per heavy atom. The summed E-state index contributed by atoms with van der Waals surface area (Å²) in [5.41, 5.74) is -3.05. The number of aromatic amines is 2. The Morgan fingerprint density at radius 1 is 1.39 bits per heavy atom. The molecule has 0 aliphatic carbocycles. The molecule has 0 fully saturated rings. The number of carbonyl (C=O) groups excluding carboxylic acids is 1. The van der Waals surface area contributed by atoms with Crippen LogP contribution in [-0.4, -0.2) is 44.8 Å². The van der Waals surface area contributed by atoms with Crippen molar-refractivity contribution >= 4 is 5.91 Å². The summed E-state index contributed by atoms with van der Waals surface area (Å²) in [6.45, 7) is 0.740. The highest BCUT2D eigenvalue weighted by Gasteiger charge is 2.29. The van der Waals surface area contributed by atoms with E-state index in [1.807, 2.05) is 4.98 Å². The molecule has 1 rings (SSSR count). The minimum Gasteiger partial charge on any atom is -0.394 e. The molecular weight excluding hydrogens is 242 g/mol. The van der Waals surface area contributed by atoms with E-state index in [-0.39, 0.29) is 12.0 Å². The van der Waals surface area contributed by atoms with Gasteiger partial charge in [0, 0.05) is 6.20 Å². The average Bonchev–Trinajstić information content (AvgIpc) is 2.36. The molecule has 8 heteroatoms. The zero-order valence-corrected chi connectivity index (χ0v) is 9.82. The highest BCUT2D eigenvalue weighted by molar-refractivity contribution is 5.94. The lowest BCUT2D eigenvalue weighted by molar-refractivity contribution is 0.0651. The molecule has 1 heterocycles. The maximum atomic E-state index is 11.8. The lowest BCUT2D eigenvalue weighted by Crippen LogP contribution is -2.54. The minimum atomic E-state index is -1.19. The molecule has 0 spiro atoms. The summed E-state index contributed by atoms with van der Waals surface area (Å²) in [5.74, 6) is -0.780. The lowest BCUT2D eigenvalue weighted by Gasteiger charge is -2.29. The van der Waals surface area contributed by atoms with Crippen molar-refractivity contribution in [2.75, 3.05) is 13.2 Å². The minimum absolute atomic E-state index is 0.285. The van der Waals surface area contributed by atoms with Gasteiger partial charge in [0.2, 0.25) is 0 Å². The normalized spacial score (nSPS) is 11.3. The summed E-state index contributed by atoms with van der Waals surface area (Å²) in [6, 6.07) is 0. The van der Waals surface area contributed by atoms with Crippen molar-refractivity contribution < 1.29 is 15.0 Å². The molecule has 0 saturated heterocycles. The standard InChI is InChI=1S/C10H15N3O5/c1-2-10(4-14,5-15)13-8(17)6-3-11-9(18)12-7(6)16/h3,14-15H,2,4-5H2,1H3,(H,13,17)(H2,11,12,16,18). The van der Waals surface area contributed by atoms with Gasteiger partial charge in [-0.05, 0) is 6.42 Å². The van der Waals surface area contributed by atoms with Gasteiger partial charge in [0.1, 0.15) is 5.56 Å². The van der Waals surface area contributed by atoms with Crippen molar-refractivity contribution in [3.8, 4) is 0 Å². The number of amides is 1. The van der Waals surface area contributed by atoms with E-state index < -0.39 is 35.9 Å². The second kappa shape index (κ2) is 5.61. The van der Waals surface area contributed by atoms with Crippen molar-refractivity contribution in [2.24, 2.45) is 0 Å². The van der Waals surface area contributed by atoms with Gasteiger partial charge in [-0.2, -0.15) is 0 Å². The largest absolute Gasteiger partial charge is 0.394 e. The van der Waals surface area contributed by atoms with Crippen LogP contribution in [0.1, 0.15) is 23.7 Å². The zero-order valence-electron chi connectivity index (χ0n) is 9.82. The first-order valence-electron chi connectivity index (χ1n) is 5.34. The SMILES string of the molecule is CCC(CO)(CO)NC(=O)c1c[nH]c(=O)[nH]c1=O. The Bertz CT molecular complexity index is 521. The molecule has 0 aliphatic heterocycles. The van der Waals surface area contributed by atoms with Crippen LogP contribution < -0.4 is 16.6 Å². The number of H-pyrrole nitrogens is 2. The van der Waals surface area contributed by atoms with E-state index in [0.29, 0.717) is 0 Å². The van der Waals surface area contributed by atoms with Crippen LogP contribution in [0, 0.1) is 0 Å². The Hall–Kier alpha value is -1.93. The van der Waals surface area contributed by atoms with E-state index >= 15 is 0 Å². The van der Waals surface area contributed by atoms with Crippen LogP contribution >= 0.6 is 0 Å².